The van der Waals surface area contributed by atoms with Gasteiger partial charge in [-0.1, -0.05) is 12.1 Å². The molecule has 0 aliphatic rings. The molecule has 0 radical (unpaired) electrons. The maximum absolute atomic E-state index is 12.8. The molecule has 76 valence electrons. The number of halogens is 1. The summed E-state index contributed by atoms with van der Waals surface area (Å²) in [5.74, 6) is -1.24. The minimum Gasteiger partial charge on any atom is -0.480 e. The first-order valence-electron chi connectivity index (χ1n) is 4.30. The largest absolute Gasteiger partial charge is 0.480 e. The Morgan fingerprint density at radius 1 is 1.64 bits per heavy atom. The van der Waals surface area contributed by atoms with Crippen molar-refractivity contribution in [2.45, 2.75) is 13.0 Å². The highest BCUT2D eigenvalue weighted by Gasteiger charge is 2.06. The van der Waals surface area contributed by atoms with Crippen molar-refractivity contribution in [1.82, 2.24) is 5.32 Å². The van der Waals surface area contributed by atoms with E-state index in [1.54, 1.807) is 19.1 Å². The predicted octanol–water partition coefficient (Wildman–Crippen LogP) is 1.56. The molecular formula is C10H12FNO2. The first kappa shape index (κ1) is 10.7. The number of hydrogen-bond donors (Lipinski definition) is 2. The molecule has 0 amide bonds. The molecule has 14 heavy (non-hydrogen) atoms. The molecule has 0 spiro atoms. The van der Waals surface area contributed by atoms with Gasteiger partial charge in [0.2, 0.25) is 0 Å². The summed E-state index contributed by atoms with van der Waals surface area (Å²) in [5, 5.41) is 11.2. The maximum atomic E-state index is 12.8. The standard InChI is InChI=1S/C10H12FNO2/c1-7(12-6-10(13)14)8-3-2-4-9(11)5-8/h2-5,7,12H,6H2,1H3,(H,13,14)/t7-/m0/s1. The second-order valence-corrected chi connectivity index (χ2v) is 3.05. The Morgan fingerprint density at radius 3 is 2.93 bits per heavy atom. The molecule has 0 fully saturated rings. The number of carbonyl (C=O) groups is 1. The first-order chi connectivity index (χ1) is 6.59. The first-order valence-corrected chi connectivity index (χ1v) is 4.30. The fraction of sp³-hybridized carbons (Fsp3) is 0.300. The van der Waals surface area contributed by atoms with E-state index in [0.29, 0.717) is 0 Å². The molecule has 1 aromatic rings. The minimum atomic E-state index is -0.923. The van der Waals surface area contributed by atoms with Gasteiger partial charge in [0.1, 0.15) is 5.82 Å². The number of hydrogen-bond acceptors (Lipinski definition) is 2. The Balaban J connectivity index is 2.60. The average Bonchev–Trinajstić information content (AvgIpc) is 2.14. The van der Waals surface area contributed by atoms with Crippen LogP contribution in [-0.4, -0.2) is 17.6 Å². The van der Waals surface area contributed by atoms with Crippen molar-refractivity contribution in [3.05, 3.63) is 35.6 Å². The van der Waals surface area contributed by atoms with Crippen molar-refractivity contribution >= 4 is 5.97 Å². The number of aliphatic carboxylic acids is 1. The lowest BCUT2D eigenvalue weighted by Gasteiger charge is -2.12. The molecule has 1 rings (SSSR count). The normalized spacial score (nSPS) is 12.4. The van der Waals surface area contributed by atoms with Gasteiger partial charge in [0.15, 0.2) is 0 Å². The average molecular weight is 197 g/mol. The molecule has 1 atom stereocenters. The van der Waals surface area contributed by atoms with Gasteiger partial charge in [0.25, 0.3) is 0 Å². The molecule has 3 nitrogen and oxygen atoms in total. The third-order valence-corrected chi connectivity index (χ3v) is 1.91. The van der Waals surface area contributed by atoms with E-state index in [1.807, 2.05) is 0 Å². The van der Waals surface area contributed by atoms with Crippen LogP contribution in [0.2, 0.25) is 0 Å². The summed E-state index contributed by atoms with van der Waals surface area (Å²) in [4.78, 5) is 10.3. The number of benzene rings is 1. The summed E-state index contributed by atoms with van der Waals surface area (Å²) in [6, 6.07) is 5.93. The van der Waals surface area contributed by atoms with Crippen molar-refractivity contribution in [2.75, 3.05) is 6.54 Å². The molecule has 0 aliphatic carbocycles. The second-order valence-electron chi connectivity index (χ2n) is 3.05. The molecule has 0 unspecified atom stereocenters. The van der Waals surface area contributed by atoms with Gasteiger partial charge in [-0.05, 0) is 24.6 Å². The summed E-state index contributed by atoms with van der Waals surface area (Å²) >= 11 is 0. The van der Waals surface area contributed by atoms with Crippen LogP contribution in [0, 0.1) is 5.82 Å². The molecule has 2 N–H and O–H groups in total. The van der Waals surface area contributed by atoms with Gasteiger partial charge in [0.05, 0.1) is 6.54 Å². The number of carboxylic acid groups (broad SMARTS) is 1. The highest BCUT2D eigenvalue weighted by Crippen LogP contribution is 2.12. The monoisotopic (exact) mass is 197 g/mol. The second kappa shape index (κ2) is 4.72. The van der Waals surface area contributed by atoms with Crippen LogP contribution in [0.3, 0.4) is 0 Å². The van der Waals surface area contributed by atoms with Gasteiger partial charge in [-0.25, -0.2) is 4.39 Å². The number of rotatable bonds is 4. The van der Waals surface area contributed by atoms with Crippen molar-refractivity contribution in [3.63, 3.8) is 0 Å². The molecule has 0 heterocycles. The summed E-state index contributed by atoms with van der Waals surface area (Å²) in [6.07, 6.45) is 0. The van der Waals surface area contributed by atoms with Crippen molar-refractivity contribution < 1.29 is 14.3 Å². The molecule has 0 saturated heterocycles. The highest BCUT2D eigenvalue weighted by molar-refractivity contribution is 5.69. The Morgan fingerprint density at radius 2 is 2.36 bits per heavy atom. The number of nitrogens with one attached hydrogen (secondary N) is 1. The van der Waals surface area contributed by atoms with Crippen LogP contribution in [-0.2, 0) is 4.79 Å². The molecule has 1 aromatic carbocycles. The third kappa shape index (κ3) is 3.14. The van der Waals surface area contributed by atoms with Crippen LogP contribution >= 0.6 is 0 Å². The van der Waals surface area contributed by atoms with E-state index >= 15 is 0 Å². The lowest BCUT2D eigenvalue weighted by molar-refractivity contribution is -0.136. The van der Waals surface area contributed by atoms with E-state index in [9.17, 15) is 9.18 Å². The maximum Gasteiger partial charge on any atom is 0.317 e. The Kier molecular flexibility index (Phi) is 3.59. The third-order valence-electron chi connectivity index (χ3n) is 1.91. The van der Waals surface area contributed by atoms with Gasteiger partial charge in [-0.15, -0.1) is 0 Å². The van der Waals surface area contributed by atoms with Crippen LogP contribution in [0.1, 0.15) is 18.5 Å². The molecule has 4 heteroatoms. The lowest BCUT2D eigenvalue weighted by Crippen LogP contribution is -2.25. The van der Waals surface area contributed by atoms with Gasteiger partial charge in [0, 0.05) is 6.04 Å². The fourth-order valence-corrected chi connectivity index (χ4v) is 1.13. The van der Waals surface area contributed by atoms with Crippen LogP contribution < -0.4 is 5.32 Å². The summed E-state index contributed by atoms with van der Waals surface area (Å²) in [7, 11) is 0. The quantitative estimate of drug-likeness (QED) is 0.770. The van der Waals surface area contributed by atoms with Crippen LogP contribution in [0.25, 0.3) is 0 Å². The highest BCUT2D eigenvalue weighted by atomic mass is 19.1. The van der Waals surface area contributed by atoms with E-state index < -0.39 is 5.97 Å². The zero-order valence-corrected chi connectivity index (χ0v) is 7.83. The minimum absolute atomic E-state index is 0.127. The smallest absolute Gasteiger partial charge is 0.317 e. The SMILES string of the molecule is C[C@H](NCC(=O)O)c1cccc(F)c1. The van der Waals surface area contributed by atoms with Crippen molar-refractivity contribution in [1.29, 1.82) is 0 Å². The molecule has 0 bridgehead atoms. The van der Waals surface area contributed by atoms with Crippen LogP contribution in [0.5, 0.6) is 0 Å². The van der Waals surface area contributed by atoms with E-state index in [-0.39, 0.29) is 18.4 Å². The summed E-state index contributed by atoms with van der Waals surface area (Å²) in [5.41, 5.74) is 0.742. The lowest BCUT2D eigenvalue weighted by atomic mass is 10.1. The molecule has 0 saturated carbocycles. The van der Waals surface area contributed by atoms with Crippen molar-refractivity contribution in [3.8, 4) is 0 Å². The Hall–Kier alpha value is -1.42. The molecule has 0 aromatic heterocycles. The zero-order valence-electron chi connectivity index (χ0n) is 7.83. The Bertz CT molecular complexity index is 328. The van der Waals surface area contributed by atoms with Gasteiger partial charge in [-0.2, -0.15) is 0 Å². The van der Waals surface area contributed by atoms with E-state index in [0.717, 1.165) is 5.56 Å². The van der Waals surface area contributed by atoms with E-state index in [1.165, 1.54) is 12.1 Å². The predicted molar refractivity (Wildman–Crippen MR) is 50.5 cm³/mol. The fourth-order valence-electron chi connectivity index (χ4n) is 1.13. The summed E-state index contributed by atoms with van der Waals surface area (Å²) < 4.78 is 12.8. The van der Waals surface area contributed by atoms with E-state index in [4.69, 9.17) is 5.11 Å². The van der Waals surface area contributed by atoms with Crippen LogP contribution in [0.4, 0.5) is 4.39 Å². The summed E-state index contributed by atoms with van der Waals surface area (Å²) in [6.45, 7) is 1.66. The molecular weight excluding hydrogens is 185 g/mol. The Labute approximate surface area is 81.6 Å². The molecule has 0 aliphatic heterocycles. The van der Waals surface area contributed by atoms with Gasteiger partial charge < -0.3 is 10.4 Å². The van der Waals surface area contributed by atoms with E-state index in [2.05, 4.69) is 5.32 Å². The van der Waals surface area contributed by atoms with Gasteiger partial charge >= 0.3 is 5.97 Å². The zero-order chi connectivity index (χ0) is 10.6. The van der Waals surface area contributed by atoms with Crippen LogP contribution in [0.15, 0.2) is 24.3 Å². The number of carboxylic acids is 1. The van der Waals surface area contributed by atoms with Gasteiger partial charge in [-0.3, -0.25) is 4.79 Å². The van der Waals surface area contributed by atoms with Crippen molar-refractivity contribution in [2.24, 2.45) is 0 Å². The topological polar surface area (TPSA) is 49.3 Å².